The molecule has 0 amide bonds. The number of carbonyl (C=O) groups excluding carboxylic acids is 1. The maximum atomic E-state index is 12.0. The van der Waals surface area contributed by atoms with Gasteiger partial charge in [0.05, 0.1) is 12.5 Å². The third kappa shape index (κ3) is 4.83. The van der Waals surface area contributed by atoms with Crippen LogP contribution in [0.5, 0.6) is 11.5 Å². The lowest BCUT2D eigenvalue weighted by molar-refractivity contribution is -0.148. The molecule has 0 fully saturated rings. The van der Waals surface area contributed by atoms with E-state index in [2.05, 4.69) is 0 Å². The van der Waals surface area contributed by atoms with Crippen molar-refractivity contribution in [3.8, 4) is 11.5 Å². The molecule has 1 atom stereocenters. The van der Waals surface area contributed by atoms with Crippen LogP contribution in [0.15, 0.2) is 18.2 Å². The predicted molar refractivity (Wildman–Crippen MR) is 81.3 cm³/mol. The molecule has 0 N–H and O–H groups in total. The van der Waals surface area contributed by atoms with E-state index in [9.17, 15) is 4.79 Å². The zero-order valence-electron chi connectivity index (χ0n) is 11.4. The van der Waals surface area contributed by atoms with Gasteiger partial charge < -0.3 is 14.2 Å². The number of carbonyl (C=O) groups is 1. The number of hydrogen-bond acceptors (Lipinski definition) is 4. The average molecular weight is 354 g/mol. The van der Waals surface area contributed by atoms with Gasteiger partial charge in [-0.15, -0.1) is 0 Å². The minimum atomic E-state index is -1.51. The van der Waals surface area contributed by atoms with Crippen molar-refractivity contribution in [3.05, 3.63) is 23.8 Å². The summed E-state index contributed by atoms with van der Waals surface area (Å²) in [5.74, 6) is 0.441. The summed E-state index contributed by atoms with van der Waals surface area (Å²) in [7, 11) is 0. The number of hydrogen-bond donors (Lipinski definition) is 0. The second-order valence-corrected chi connectivity index (χ2v) is 7.18. The van der Waals surface area contributed by atoms with Crippen LogP contribution in [0.3, 0.4) is 0 Å². The molecule has 7 heteroatoms. The van der Waals surface area contributed by atoms with Gasteiger partial charge in [0, 0.05) is 6.42 Å². The van der Waals surface area contributed by atoms with E-state index in [1.54, 1.807) is 13.0 Å². The molecule has 1 aliphatic heterocycles. The van der Waals surface area contributed by atoms with Crippen molar-refractivity contribution in [3.63, 3.8) is 0 Å². The highest BCUT2D eigenvalue weighted by Crippen LogP contribution is 2.37. The summed E-state index contributed by atoms with van der Waals surface area (Å²) in [6.07, 6.45) is 0.494. The molecule has 0 saturated carbocycles. The molecule has 0 bridgehead atoms. The summed E-state index contributed by atoms with van der Waals surface area (Å²) in [6, 6.07) is 5.49. The van der Waals surface area contributed by atoms with Gasteiger partial charge in [0.1, 0.15) is 0 Å². The molecule has 0 spiro atoms. The number of ether oxygens (including phenoxy) is 3. The minimum absolute atomic E-state index is 0.0882. The first kappa shape index (κ1) is 16.5. The summed E-state index contributed by atoms with van der Waals surface area (Å²) >= 11 is 17.4. The first-order valence-electron chi connectivity index (χ1n) is 6.51. The molecule has 4 nitrogen and oxygen atoms in total. The standard InChI is InChI=1S/C14H15Cl3O4/c1-2-19-13(18)10(7-14(15,16)17)5-9-3-4-11-12(6-9)21-8-20-11/h3-4,6,10H,2,5,7-8H2,1H3. The molecule has 1 aliphatic rings. The Balaban J connectivity index is 2.12. The molecule has 0 aliphatic carbocycles. The van der Waals surface area contributed by atoms with Crippen LogP contribution in [0.25, 0.3) is 0 Å². The van der Waals surface area contributed by atoms with E-state index in [0.29, 0.717) is 17.9 Å². The van der Waals surface area contributed by atoms with Crippen LogP contribution in [-0.4, -0.2) is 23.2 Å². The van der Waals surface area contributed by atoms with Gasteiger partial charge in [0.2, 0.25) is 6.79 Å². The smallest absolute Gasteiger partial charge is 0.309 e. The Hall–Kier alpha value is -0.840. The number of halogens is 3. The van der Waals surface area contributed by atoms with Gasteiger partial charge in [-0.1, -0.05) is 40.9 Å². The summed E-state index contributed by atoms with van der Waals surface area (Å²) < 4.78 is 14.1. The third-order valence-electron chi connectivity index (χ3n) is 3.02. The molecule has 2 rings (SSSR count). The number of rotatable bonds is 5. The fourth-order valence-corrected chi connectivity index (χ4v) is 2.69. The molecule has 116 valence electrons. The van der Waals surface area contributed by atoms with Gasteiger partial charge in [0.25, 0.3) is 0 Å². The van der Waals surface area contributed by atoms with Crippen molar-refractivity contribution in [2.24, 2.45) is 5.92 Å². The fourth-order valence-electron chi connectivity index (χ4n) is 2.13. The number of alkyl halides is 3. The SMILES string of the molecule is CCOC(=O)C(Cc1ccc2c(c1)OCO2)CC(Cl)(Cl)Cl. The first-order valence-corrected chi connectivity index (χ1v) is 7.64. The molecular formula is C14H15Cl3O4. The Bertz CT molecular complexity index is 513. The molecule has 1 heterocycles. The molecule has 1 aromatic rings. The van der Waals surface area contributed by atoms with Crippen LogP contribution in [0.4, 0.5) is 0 Å². The summed E-state index contributed by atoms with van der Waals surface area (Å²) in [5, 5.41) is 0. The Morgan fingerprint density at radius 3 is 2.71 bits per heavy atom. The van der Waals surface area contributed by atoms with E-state index in [-0.39, 0.29) is 25.8 Å². The Kier molecular flexibility index (Phi) is 5.47. The van der Waals surface area contributed by atoms with Crippen molar-refractivity contribution >= 4 is 40.8 Å². The Labute approximate surface area is 138 Å². The van der Waals surface area contributed by atoms with Crippen molar-refractivity contribution in [1.29, 1.82) is 0 Å². The number of benzene rings is 1. The van der Waals surface area contributed by atoms with Crippen LogP contribution in [-0.2, 0) is 16.0 Å². The van der Waals surface area contributed by atoms with Crippen LogP contribution >= 0.6 is 34.8 Å². The minimum Gasteiger partial charge on any atom is -0.466 e. The maximum Gasteiger partial charge on any atom is 0.309 e. The molecule has 21 heavy (non-hydrogen) atoms. The van der Waals surface area contributed by atoms with E-state index in [1.807, 2.05) is 12.1 Å². The van der Waals surface area contributed by atoms with Gasteiger partial charge in [-0.05, 0) is 31.0 Å². The lowest BCUT2D eigenvalue weighted by Crippen LogP contribution is -2.25. The maximum absolute atomic E-state index is 12.0. The first-order chi connectivity index (χ1) is 9.89. The van der Waals surface area contributed by atoms with Crippen molar-refractivity contribution in [1.82, 2.24) is 0 Å². The zero-order valence-corrected chi connectivity index (χ0v) is 13.7. The van der Waals surface area contributed by atoms with Crippen LogP contribution in [0.2, 0.25) is 0 Å². The molecular weight excluding hydrogens is 339 g/mol. The molecule has 0 radical (unpaired) electrons. The quantitative estimate of drug-likeness (QED) is 0.595. The van der Waals surface area contributed by atoms with E-state index in [1.165, 1.54) is 0 Å². The van der Waals surface area contributed by atoms with Gasteiger partial charge in [-0.25, -0.2) is 0 Å². The van der Waals surface area contributed by atoms with Crippen molar-refractivity contribution < 1.29 is 19.0 Å². The highest BCUT2D eigenvalue weighted by molar-refractivity contribution is 6.67. The molecule has 0 saturated heterocycles. The largest absolute Gasteiger partial charge is 0.466 e. The van der Waals surface area contributed by atoms with E-state index < -0.39 is 9.71 Å². The summed E-state index contributed by atoms with van der Waals surface area (Å²) in [5.41, 5.74) is 0.895. The topological polar surface area (TPSA) is 44.8 Å². The molecule has 0 aromatic heterocycles. The summed E-state index contributed by atoms with van der Waals surface area (Å²) in [4.78, 5) is 12.0. The van der Waals surface area contributed by atoms with Crippen LogP contribution in [0, 0.1) is 5.92 Å². The van der Waals surface area contributed by atoms with Crippen molar-refractivity contribution in [2.75, 3.05) is 13.4 Å². The fraction of sp³-hybridized carbons (Fsp3) is 0.500. The van der Waals surface area contributed by atoms with E-state index in [0.717, 1.165) is 5.56 Å². The highest BCUT2D eigenvalue weighted by atomic mass is 35.6. The van der Waals surface area contributed by atoms with Gasteiger partial charge in [-0.3, -0.25) is 4.79 Å². The Morgan fingerprint density at radius 2 is 2.05 bits per heavy atom. The predicted octanol–water partition coefficient (Wildman–Crippen LogP) is 3.90. The summed E-state index contributed by atoms with van der Waals surface area (Å²) in [6.45, 7) is 2.23. The van der Waals surface area contributed by atoms with Crippen LogP contribution < -0.4 is 9.47 Å². The lowest BCUT2D eigenvalue weighted by atomic mass is 9.96. The highest BCUT2D eigenvalue weighted by Gasteiger charge is 2.31. The molecule has 1 aromatic carbocycles. The number of fused-ring (bicyclic) bond motifs is 1. The van der Waals surface area contributed by atoms with Crippen LogP contribution in [0.1, 0.15) is 18.9 Å². The Morgan fingerprint density at radius 1 is 1.33 bits per heavy atom. The van der Waals surface area contributed by atoms with Gasteiger partial charge in [-0.2, -0.15) is 0 Å². The number of esters is 1. The van der Waals surface area contributed by atoms with Gasteiger partial charge in [0.15, 0.2) is 15.3 Å². The second kappa shape index (κ2) is 6.95. The average Bonchev–Trinajstić information content (AvgIpc) is 2.84. The monoisotopic (exact) mass is 352 g/mol. The third-order valence-corrected chi connectivity index (χ3v) is 3.48. The van der Waals surface area contributed by atoms with Crippen molar-refractivity contribution in [2.45, 2.75) is 23.6 Å². The zero-order chi connectivity index (χ0) is 15.5. The molecule has 1 unspecified atom stereocenters. The second-order valence-electron chi connectivity index (χ2n) is 4.66. The normalized spacial score (nSPS) is 14.9. The van der Waals surface area contributed by atoms with E-state index >= 15 is 0 Å². The van der Waals surface area contributed by atoms with Gasteiger partial charge >= 0.3 is 5.97 Å². The van der Waals surface area contributed by atoms with E-state index in [4.69, 9.17) is 49.0 Å². The lowest BCUT2D eigenvalue weighted by Gasteiger charge is -2.20.